The lowest BCUT2D eigenvalue weighted by Crippen LogP contribution is -2.50. The molecule has 1 heterocycles. The number of hydrogen-bond acceptors (Lipinski definition) is 2. The van der Waals surface area contributed by atoms with Gasteiger partial charge in [-0.2, -0.15) is 0 Å². The van der Waals surface area contributed by atoms with Gasteiger partial charge in [-0.15, -0.1) is 0 Å². The topological polar surface area (TPSA) is 35.6 Å². The smallest absolute Gasteiger partial charge is 0.321 e. The molecule has 126 valence electrons. The fraction of sp³-hybridized carbons (Fsp3) is 0.350. The summed E-state index contributed by atoms with van der Waals surface area (Å²) in [5.41, 5.74) is 5.70. The van der Waals surface area contributed by atoms with Gasteiger partial charge in [0, 0.05) is 37.6 Å². The van der Waals surface area contributed by atoms with E-state index in [-0.39, 0.29) is 6.03 Å². The molecule has 1 N–H and O–H groups in total. The number of anilines is 2. The first kappa shape index (κ1) is 16.4. The van der Waals surface area contributed by atoms with E-state index >= 15 is 0 Å². The largest absolute Gasteiger partial charge is 0.368 e. The second-order valence-electron chi connectivity index (χ2n) is 6.51. The van der Waals surface area contributed by atoms with E-state index in [4.69, 9.17) is 0 Å². The van der Waals surface area contributed by atoms with Crippen LogP contribution in [0, 0.1) is 20.8 Å². The summed E-state index contributed by atoms with van der Waals surface area (Å²) in [5.74, 6) is 0. The van der Waals surface area contributed by atoms with Crippen LogP contribution in [0.25, 0.3) is 0 Å². The summed E-state index contributed by atoms with van der Waals surface area (Å²) in [4.78, 5) is 16.8. The van der Waals surface area contributed by atoms with Crippen LogP contribution >= 0.6 is 0 Å². The van der Waals surface area contributed by atoms with E-state index < -0.39 is 0 Å². The predicted molar refractivity (Wildman–Crippen MR) is 99.9 cm³/mol. The molecular formula is C20H25N3O. The second kappa shape index (κ2) is 6.95. The Morgan fingerprint density at radius 1 is 0.917 bits per heavy atom. The fourth-order valence-electron chi connectivity index (χ4n) is 3.13. The first-order chi connectivity index (χ1) is 11.5. The minimum Gasteiger partial charge on any atom is -0.368 e. The van der Waals surface area contributed by atoms with Gasteiger partial charge in [0.2, 0.25) is 0 Å². The molecule has 0 saturated carbocycles. The van der Waals surface area contributed by atoms with Crippen molar-refractivity contribution in [1.82, 2.24) is 4.90 Å². The Kier molecular flexibility index (Phi) is 4.74. The van der Waals surface area contributed by atoms with Crippen LogP contribution in [0.3, 0.4) is 0 Å². The Hall–Kier alpha value is -2.49. The van der Waals surface area contributed by atoms with Crippen molar-refractivity contribution in [3.05, 3.63) is 59.2 Å². The Bertz CT molecular complexity index is 733. The van der Waals surface area contributed by atoms with Crippen molar-refractivity contribution < 1.29 is 4.79 Å². The van der Waals surface area contributed by atoms with Gasteiger partial charge in [-0.25, -0.2) is 4.79 Å². The van der Waals surface area contributed by atoms with Crippen molar-refractivity contribution in [3.63, 3.8) is 0 Å². The number of carbonyl (C=O) groups is 1. The summed E-state index contributed by atoms with van der Waals surface area (Å²) < 4.78 is 0. The van der Waals surface area contributed by atoms with Crippen molar-refractivity contribution >= 4 is 17.4 Å². The molecule has 3 rings (SSSR count). The molecule has 0 aliphatic carbocycles. The van der Waals surface area contributed by atoms with E-state index in [2.05, 4.69) is 47.5 Å². The van der Waals surface area contributed by atoms with Gasteiger partial charge in [-0.05, 0) is 49.6 Å². The average molecular weight is 323 g/mol. The summed E-state index contributed by atoms with van der Waals surface area (Å²) in [6.45, 7) is 9.41. The number of nitrogens with zero attached hydrogens (tertiary/aromatic N) is 2. The van der Waals surface area contributed by atoms with E-state index in [1.807, 2.05) is 30.9 Å². The molecule has 0 atom stereocenters. The Labute approximate surface area is 144 Å². The lowest BCUT2D eigenvalue weighted by Gasteiger charge is -2.36. The molecule has 0 radical (unpaired) electrons. The van der Waals surface area contributed by atoms with Gasteiger partial charge >= 0.3 is 6.03 Å². The van der Waals surface area contributed by atoms with E-state index in [0.717, 1.165) is 43.0 Å². The average Bonchev–Trinajstić information content (AvgIpc) is 2.59. The molecule has 24 heavy (non-hydrogen) atoms. The normalized spacial score (nSPS) is 14.6. The number of aryl methyl sites for hydroxylation is 3. The van der Waals surface area contributed by atoms with Gasteiger partial charge in [-0.1, -0.05) is 30.3 Å². The van der Waals surface area contributed by atoms with Crippen molar-refractivity contribution in [2.45, 2.75) is 20.8 Å². The number of benzene rings is 2. The number of hydrogen-bond donors (Lipinski definition) is 1. The fourth-order valence-corrected chi connectivity index (χ4v) is 3.13. The van der Waals surface area contributed by atoms with Crippen molar-refractivity contribution in [2.24, 2.45) is 0 Å². The minimum absolute atomic E-state index is 0.00636. The molecule has 2 amide bonds. The van der Waals surface area contributed by atoms with E-state index in [1.54, 1.807) is 0 Å². The van der Waals surface area contributed by atoms with Crippen LogP contribution in [0.4, 0.5) is 16.2 Å². The van der Waals surface area contributed by atoms with Gasteiger partial charge in [0.1, 0.15) is 0 Å². The molecule has 1 fully saturated rings. The highest BCUT2D eigenvalue weighted by atomic mass is 16.2. The van der Waals surface area contributed by atoms with E-state index in [1.165, 1.54) is 11.3 Å². The quantitative estimate of drug-likeness (QED) is 0.908. The molecule has 0 aromatic heterocycles. The molecule has 4 nitrogen and oxygen atoms in total. The number of amides is 2. The molecule has 1 saturated heterocycles. The van der Waals surface area contributed by atoms with Crippen LogP contribution in [0.5, 0.6) is 0 Å². The monoisotopic (exact) mass is 323 g/mol. The molecule has 0 bridgehead atoms. The van der Waals surface area contributed by atoms with Gasteiger partial charge in [0.25, 0.3) is 0 Å². The Balaban J connectivity index is 1.61. The zero-order valence-corrected chi connectivity index (χ0v) is 14.7. The van der Waals surface area contributed by atoms with Crippen molar-refractivity contribution in [3.8, 4) is 0 Å². The van der Waals surface area contributed by atoms with Crippen LogP contribution < -0.4 is 10.2 Å². The van der Waals surface area contributed by atoms with Crippen LogP contribution in [0.15, 0.2) is 42.5 Å². The van der Waals surface area contributed by atoms with E-state index in [9.17, 15) is 4.79 Å². The summed E-state index contributed by atoms with van der Waals surface area (Å²) >= 11 is 0. The summed E-state index contributed by atoms with van der Waals surface area (Å²) in [7, 11) is 0. The van der Waals surface area contributed by atoms with Crippen LogP contribution in [-0.2, 0) is 0 Å². The summed E-state index contributed by atoms with van der Waals surface area (Å²) in [6.07, 6.45) is 0. The van der Waals surface area contributed by atoms with Gasteiger partial charge < -0.3 is 15.1 Å². The maximum atomic E-state index is 12.5. The zero-order valence-electron chi connectivity index (χ0n) is 14.7. The Morgan fingerprint density at radius 2 is 1.62 bits per heavy atom. The number of urea groups is 1. The van der Waals surface area contributed by atoms with Crippen LogP contribution in [-0.4, -0.2) is 37.1 Å². The van der Waals surface area contributed by atoms with Gasteiger partial charge in [-0.3, -0.25) is 0 Å². The van der Waals surface area contributed by atoms with Crippen molar-refractivity contribution in [2.75, 3.05) is 36.4 Å². The van der Waals surface area contributed by atoms with E-state index in [0.29, 0.717) is 0 Å². The number of carbonyl (C=O) groups excluding carboxylic acids is 1. The number of nitrogens with one attached hydrogen (secondary N) is 1. The molecule has 0 spiro atoms. The molecule has 0 unspecified atom stereocenters. The predicted octanol–water partition coefficient (Wildman–Crippen LogP) is 3.97. The number of para-hydroxylation sites is 1. The molecule has 1 aliphatic heterocycles. The maximum absolute atomic E-state index is 12.5. The Morgan fingerprint density at radius 3 is 2.33 bits per heavy atom. The molecular weight excluding hydrogens is 298 g/mol. The molecule has 1 aliphatic rings. The van der Waals surface area contributed by atoms with Gasteiger partial charge in [0.15, 0.2) is 0 Å². The third kappa shape index (κ3) is 3.53. The van der Waals surface area contributed by atoms with Crippen LogP contribution in [0.1, 0.15) is 16.7 Å². The second-order valence-corrected chi connectivity index (χ2v) is 6.51. The highest BCUT2D eigenvalue weighted by Gasteiger charge is 2.22. The number of rotatable bonds is 2. The summed E-state index contributed by atoms with van der Waals surface area (Å²) in [5, 5.41) is 3.06. The SMILES string of the molecule is Cc1ccc(C)c(NC(=O)N2CCN(c3ccccc3C)CC2)c1. The van der Waals surface area contributed by atoms with Crippen LogP contribution in [0.2, 0.25) is 0 Å². The standard InChI is InChI=1S/C20H25N3O/c1-15-8-9-16(2)18(14-15)21-20(24)23-12-10-22(11-13-23)19-7-5-4-6-17(19)3/h4-9,14H,10-13H2,1-3H3,(H,21,24). The van der Waals surface area contributed by atoms with Crippen molar-refractivity contribution in [1.29, 1.82) is 0 Å². The highest BCUT2D eigenvalue weighted by molar-refractivity contribution is 5.90. The summed E-state index contributed by atoms with van der Waals surface area (Å²) in [6, 6.07) is 14.5. The third-order valence-corrected chi connectivity index (χ3v) is 4.66. The highest BCUT2D eigenvalue weighted by Crippen LogP contribution is 2.21. The molecule has 2 aromatic carbocycles. The first-order valence-electron chi connectivity index (χ1n) is 8.48. The maximum Gasteiger partial charge on any atom is 0.321 e. The zero-order chi connectivity index (χ0) is 17.1. The lowest BCUT2D eigenvalue weighted by atomic mass is 10.1. The van der Waals surface area contributed by atoms with Gasteiger partial charge in [0.05, 0.1) is 0 Å². The number of piperazine rings is 1. The first-order valence-corrected chi connectivity index (χ1v) is 8.48. The lowest BCUT2D eigenvalue weighted by molar-refractivity contribution is 0.208. The molecule has 2 aromatic rings. The minimum atomic E-state index is -0.00636. The molecule has 4 heteroatoms. The third-order valence-electron chi connectivity index (χ3n) is 4.66.